The van der Waals surface area contributed by atoms with E-state index in [4.69, 9.17) is 11.6 Å². The van der Waals surface area contributed by atoms with Crippen LogP contribution in [0.5, 0.6) is 11.5 Å². The van der Waals surface area contributed by atoms with Crippen molar-refractivity contribution >= 4 is 40.0 Å². The molecule has 0 unspecified atom stereocenters. The Morgan fingerprint density at radius 3 is 2.54 bits per heavy atom. The van der Waals surface area contributed by atoms with Crippen molar-refractivity contribution in [2.75, 3.05) is 18.6 Å². The third kappa shape index (κ3) is 5.84. The van der Waals surface area contributed by atoms with Crippen LogP contribution >= 0.6 is 11.6 Å². The molecule has 3 aromatic carbocycles. The molecule has 8 nitrogen and oxygen atoms in total. The van der Waals surface area contributed by atoms with Crippen LogP contribution < -0.4 is 19.7 Å². The van der Waals surface area contributed by atoms with Crippen LogP contribution in [0.25, 0.3) is 10.9 Å². The summed E-state index contributed by atoms with van der Waals surface area (Å²) in [4.78, 5) is 28.4. The zero-order chi connectivity index (χ0) is 29.3. The highest BCUT2D eigenvalue weighted by molar-refractivity contribution is 6.35. The smallest absolute Gasteiger partial charge is 0.396 e. The molecule has 1 atom stereocenters. The van der Waals surface area contributed by atoms with E-state index in [-0.39, 0.29) is 36.8 Å². The summed E-state index contributed by atoms with van der Waals surface area (Å²) in [7, 11) is 1.49. The molecule has 2 N–H and O–H groups in total. The first-order valence-electron chi connectivity index (χ1n) is 13.0. The predicted octanol–water partition coefficient (Wildman–Crippen LogP) is 4.85. The molecular formula is C30H28ClF2N3O5. The Balaban J connectivity index is 1.41. The molecule has 0 radical (unpaired) electrons. The molecule has 4 aromatic rings. The van der Waals surface area contributed by atoms with Crippen LogP contribution in [0.4, 0.5) is 14.5 Å². The molecule has 0 fully saturated rings. The van der Waals surface area contributed by atoms with E-state index in [1.807, 2.05) is 47.9 Å². The Labute approximate surface area is 240 Å². The van der Waals surface area contributed by atoms with Gasteiger partial charge in [-0.25, -0.2) is 0 Å². The largest absolute Gasteiger partial charge is 0.586 e. The first kappa shape index (κ1) is 28.4. The fraction of sp³-hybridized carbons (Fsp3) is 0.267. The Kier molecular flexibility index (Phi) is 7.88. The molecule has 1 aliphatic heterocycles. The second kappa shape index (κ2) is 11.4. The number of aliphatic hydroxyl groups excluding tert-OH is 1. The van der Waals surface area contributed by atoms with E-state index in [1.165, 1.54) is 30.1 Å². The number of alkyl halides is 2. The van der Waals surface area contributed by atoms with Crippen molar-refractivity contribution in [2.45, 2.75) is 38.6 Å². The number of halogens is 3. The van der Waals surface area contributed by atoms with Crippen molar-refractivity contribution in [1.82, 2.24) is 9.88 Å². The topological polar surface area (TPSA) is 93.0 Å². The highest BCUT2D eigenvalue weighted by Crippen LogP contribution is 2.42. The summed E-state index contributed by atoms with van der Waals surface area (Å²) in [5.74, 6) is -1.19. The molecule has 5 rings (SSSR count). The lowest BCUT2D eigenvalue weighted by Crippen LogP contribution is -2.49. The molecule has 0 aliphatic carbocycles. The highest BCUT2D eigenvalue weighted by Gasteiger charge is 2.43. The van der Waals surface area contributed by atoms with E-state index in [2.05, 4.69) is 14.8 Å². The number of hydrogen-bond acceptors (Lipinski definition) is 5. The number of amides is 2. The number of likely N-dealkylation sites (N-methyl/N-ethyl adjacent to an activating group) is 1. The molecule has 0 saturated carbocycles. The fourth-order valence-corrected chi connectivity index (χ4v) is 5.41. The standard InChI is InChI=1S/C30H28ClF2N3O5/c1-18-21(13-14-37)28-22(31)9-6-10-24(28)36(18)17-27(38)34-23(15-19-7-4-3-5-8-19)29(39)35(2)20-11-12-25-26(16-20)41-30(32,33)40-25/h3-12,16,23,37H,13-15,17H2,1-2H3,(H,34,38)/t23-/m0/s1. The van der Waals surface area contributed by atoms with Gasteiger partial charge in [-0.15, -0.1) is 8.78 Å². The normalized spacial score (nSPS) is 14.2. The number of nitrogens with one attached hydrogen (secondary N) is 1. The third-order valence-corrected chi connectivity index (χ3v) is 7.42. The summed E-state index contributed by atoms with van der Waals surface area (Å²) in [6.45, 7) is 1.70. The van der Waals surface area contributed by atoms with Gasteiger partial charge in [-0.05, 0) is 48.7 Å². The zero-order valence-electron chi connectivity index (χ0n) is 22.4. The lowest BCUT2D eigenvalue weighted by molar-refractivity contribution is -0.286. The molecule has 2 amide bonds. The molecular weight excluding hydrogens is 556 g/mol. The SMILES string of the molecule is Cc1c(CCO)c2c(Cl)cccc2n1CC(=O)N[C@@H](Cc1ccccc1)C(=O)N(C)c1ccc2c(c1)OC(F)(F)O2. The van der Waals surface area contributed by atoms with Crippen LogP contribution in [0.3, 0.4) is 0 Å². The Morgan fingerprint density at radius 1 is 1.07 bits per heavy atom. The highest BCUT2D eigenvalue weighted by atomic mass is 35.5. The third-order valence-electron chi connectivity index (χ3n) is 7.11. The minimum absolute atomic E-state index is 0.0745. The van der Waals surface area contributed by atoms with Gasteiger partial charge in [-0.3, -0.25) is 9.59 Å². The lowest BCUT2D eigenvalue weighted by atomic mass is 10.0. The van der Waals surface area contributed by atoms with Gasteiger partial charge in [0, 0.05) is 42.9 Å². The number of hydrogen-bond donors (Lipinski definition) is 2. The summed E-state index contributed by atoms with van der Waals surface area (Å²) < 4.78 is 37.8. The van der Waals surface area contributed by atoms with Crippen LogP contribution in [0.2, 0.25) is 5.02 Å². The molecule has 0 saturated heterocycles. The molecule has 1 aliphatic rings. The number of nitrogens with zero attached hydrogens (tertiary/aromatic N) is 2. The van der Waals surface area contributed by atoms with Crippen molar-refractivity contribution in [2.24, 2.45) is 0 Å². The number of benzene rings is 3. The van der Waals surface area contributed by atoms with Crippen LogP contribution in [0.15, 0.2) is 66.7 Å². The van der Waals surface area contributed by atoms with Crippen molar-refractivity contribution in [1.29, 1.82) is 0 Å². The van der Waals surface area contributed by atoms with Gasteiger partial charge >= 0.3 is 6.29 Å². The maximum atomic E-state index is 13.7. The summed E-state index contributed by atoms with van der Waals surface area (Å²) in [6.07, 6.45) is -3.21. The van der Waals surface area contributed by atoms with Crippen LogP contribution in [-0.2, 0) is 29.0 Å². The molecule has 214 valence electrons. The number of aliphatic hydroxyl groups is 1. The molecule has 41 heavy (non-hydrogen) atoms. The first-order chi connectivity index (χ1) is 19.6. The van der Waals surface area contributed by atoms with Crippen LogP contribution in [0.1, 0.15) is 16.8 Å². The predicted molar refractivity (Wildman–Crippen MR) is 151 cm³/mol. The number of carbonyl (C=O) groups is 2. The van der Waals surface area contributed by atoms with Crippen molar-refractivity contribution in [3.05, 3.63) is 88.6 Å². The van der Waals surface area contributed by atoms with Gasteiger partial charge in [0.1, 0.15) is 12.6 Å². The molecule has 0 bridgehead atoms. The van der Waals surface area contributed by atoms with Gasteiger partial charge in [0.15, 0.2) is 11.5 Å². The monoisotopic (exact) mass is 583 g/mol. The van der Waals surface area contributed by atoms with E-state index in [9.17, 15) is 23.5 Å². The zero-order valence-corrected chi connectivity index (χ0v) is 23.1. The van der Waals surface area contributed by atoms with Gasteiger partial charge in [0.25, 0.3) is 0 Å². The number of fused-ring (bicyclic) bond motifs is 2. The number of ether oxygens (including phenoxy) is 2. The maximum absolute atomic E-state index is 13.7. The Bertz CT molecular complexity index is 1610. The first-order valence-corrected chi connectivity index (χ1v) is 13.3. The van der Waals surface area contributed by atoms with Crippen molar-refractivity contribution in [3.8, 4) is 11.5 Å². The van der Waals surface area contributed by atoms with E-state index in [1.54, 1.807) is 12.1 Å². The van der Waals surface area contributed by atoms with Crippen molar-refractivity contribution < 1.29 is 33.0 Å². The van der Waals surface area contributed by atoms with Gasteiger partial charge < -0.3 is 29.4 Å². The summed E-state index contributed by atoms with van der Waals surface area (Å²) in [6, 6.07) is 17.7. The van der Waals surface area contributed by atoms with Gasteiger partial charge in [-0.2, -0.15) is 0 Å². The summed E-state index contributed by atoms with van der Waals surface area (Å²) >= 11 is 6.48. The number of rotatable bonds is 9. The molecule has 0 spiro atoms. The number of carbonyl (C=O) groups excluding carboxylic acids is 2. The minimum Gasteiger partial charge on any atom is -0.396 e. The van der Waals surface area contributed by atoms with E-state index in [0.29, 0.717) is 11.4 Å². The molecule has 2 heterocycles. The van der Waals surface area contributed by atoms with E-state index < -0.39 is 24.2 Å². The number of aromatic nitrogens is 1. The van der Waals surface area contributed by atoms with Crippen molar-refractivity contribution in [3.63, 3.8) is 0 Å². The number of anilines is 1. The van der Waals surface area contributed by atoms with Gasteiger partial charge in [0.2, 0.25) is 11.8 Å². The average molecular weight is 584 g/mol. The summed E-state index contributed by atoms with van der Waals surface area (Å²) in [5, 5.41) is 13.8. The van der Waals surface area contributed by atoms with Gasteiger partial charge in [-0.1, -0.05) is 48.0 Å². The summed E-state index contributed by atoms with van der Waals surface area (Å²) in [5.41, 5.74) is 3.50. The molecule has 11 heteroatoms. The van der Waals surface area contributed by atoms with Crippen LogP contribution in [0, 0.1) is 6.92 Å². The Morgan fingerprint density at radius 2 is 1.80 bits per heavy atom. The van der Waals surface area contributed by atoms with Crippen LogP contribution in [-0.4, -0.2) is 47.5 Å². The second-order valence-corrected chi connectivity index (χ2v) is 10.2. The maximum Gasteiger partial charge on any atom is 0.586 e. The van der Waals surface area contributed by atoms with E-state index >= 15 is 0 Å². The Hall–Kier alpha value is -4.15. The van der Waals surface area contributed by atoms with E-state index in [0.717, 1.165) is 27.7 Å². The fourth-order valence-electron chi connectivity index (χ4n) is 5.12. The van der Waals surface area contributed by atoms with Gasteiger partial charge in [0.05, 0.1) is 10.5 Å². The quantitative estimate of drug-likeness (QED) is 0.294. The molecule has 1 aromatic heterocycles. The average Bonchev–Trinajstić information content (AvgIpc) is 3.40. The minimum atomic E-state index is -3.78. The second-order valence-electron chi connectivity index (χ2n) is 9.76. The lowest BCUT2D eigenvalue weighted by Gasteiger charge is -2.25.